The Kier molecular flexibility index (Phi) is 11.3. The third-order valence-electron chi connectivity index (χ3n) is 1.85. The summed E-state index contributed by atoms with van der Waals surface area (Å²) in [5.41, 5.74) is 0. The van der Waals surface area contributed by atoms with E-state index < -0.39 is 15.1 Å². The van der Waals surface area contributed by atoms with E-state index in [2.05, 4.69) is 207 Å². The van der Waals surface area contributed by atoms with Gasteiger partial charge in [-0.2, -0.15) is 0 Å². The number of hydrogen-bond donors (Lipinski definition) is 0. The number of alkyl halides is 11. The van der Waals surface area contributed by atoms with E-state index in [1.54, 1.807) is 0 Å². The molecule has 1 radical (unpaired) electrons. The van der Waals surface area contributed by atoms with Crippen LogP contribution >= 0.6 is 207 Å². The van der Waals surface area contributed by atoms with Gasteiger partial charge in [0.1, 0.15) is 14.5 Å². The van der Waals surface area contributed by atoms with Crippen molar-refractivity contribution in [2.75, 3.05) is 0 Å². The van der Waals surface area contributed by atoms with Gasteiger partial charge in [0, 0.05) is 0 Å². The fourth-order valence-corrected chi connectivity index (χ4v) is 12.6. The lowest BCUT2D eigenvalue weighted by atomic mass is 10.1. The Labute approximate surface area is 221 Å². The van der Waals surface area contributed by atoms with Gasteiger partial charge in [0.15, 0.2) is 4.29 Å². The van der Waals surface area contributed by atoms with Gasteiger partial charge < -0.3 is 0 Å². The topological polar surface area (TPSA) is 0 Å². The van der Waals surface area contributed by atoms with Gasteiger partial charge in [0.25, 0.3) is 0 Å². The van der Waals surface area contributed by atoms with Crippen LogP contribution in [0.15, 0.2) is 0 Å². The van der Waals surface area contributed by atoms with E-state index >= 15 is 0 Å². The Morgan fingerprint density at radius 3 is 1.00 bits per heavy atom. The molecule has 13 heteroatoms. The van der Waals surface area contributed by atoms with E-state index in [1.807, 2.05) is 0 Å². The summed E-state index contributed by atoms with van der Waals surface area (Å²) in [5, 5.41) is 0. The van der Waals surface area contributed by atoms with E-state index in [0.29, 0.717) is 0 Å². The largest absolute Gasteiger partial charge is 0.161 e. The molecule has 0 spiro atoms. The van der Waals surface area contributed by atoms with Gasteiger partial charge in [-0.1, -0.05) is 207 Å². The van der Waals surface area contributed by atoms with Gasteiger partial charge in [0.2, 0.25) is 0 Å². The van der Waals surface area contributed by atoms with Gasteiger partial charge in [-0.25, -0.2) is 0 Å². The highest BCUT2D eigenvalue weighted by atomic mass is 80.0. The van der Waals surface area contributed by atoms with Crippen molar-refractivity contribution in [3.63, 3.8) is 0 Å². The first-order valence-corrected chi connectivity index (χ1v) is 14.0. The molecule has 0 N–H and O–H groups in total. The zero-order valence-electron chi connectivity index (χ0n) is 7.91. The van der Waals surface area contributed by atoms with E-state index in [4.69, 9.17) is 0 Å². The minimum atomic E-state index is -0.807. The van der Waals surface area contributed by atoms with Crippen LogP contribution in [-0.2, 0) is 0 Å². The third-order valence-corrected chi connectivity index (χ3v) is 21.8. The summed E-state index contributed by atoms with van der Waals surface area (Å²) in [6.07, 6.45) is 0. The van der Waals surface area contributed by atoms with Crippen LogP contribution in [0.5, 0.6) is 0 Å². The van der Waals surface area contributed by atoms with Gasteiger partial charge in [-0.3, -0.25) is 0 Å². The molecule has 0 saturated heterocycles. The molecular formula is C6Br13. The Balaban J connectivity index is 6.30. The van der Waals surface area contributed by atoms with Crippen molar-refractivity contribution in [2.24, 2.45) is 0 Å². The molecule has 0 aromatic heterocycles. The fraction of sp³-hybridized carbons (Fsp3) is 0.833. The first-order chi connectivity index (χ1) is 7.94. The maximum absolute atomic E-state index is 3.79. The molecule has 0 aromatic carbocycles. The van der Waals surface area contributed by atoms with E-state index in [9.17, 15) is 0 Å². The van der Waals surface area contributed by atoms with Crippen molar-refractivity contribution in [3.8, 4) is 0 Å². The minimum Gasteiger partial charge on any atom is -0.0767 e. The highest BCUT2D eigenvalue weighted by Crippen LogP contribution is 2.75. The molecule has 0 nitrogen and oxygen atoms in total. The monoisotopic (exact) mass is 1100 g/mol. The molecule has 1 unspecified atom stereocenters. The molecular weight excluding hydrogens is 1110 g/mol. The van der Waals surface area contributed by atoms with Crippen LogP contribution in [0, 0.1) is 3.74 Å². The molecule has 0 amide bonds. The predicted molar refractivity (Wildman–Crippen MR) is 133 cm³/mol. The average Bonchev–Trinajstić information content (AvgIpc) is 2.11. The van der Waals surface area contributed by atoms with Gasteiger partial charge >= 0.3 is 0 Å². The summed E-state index contributed by atoms with van der Waals surface area (Å²) in [6.45, 7) is 0. The molecule has 0 aliphatic heterocycles. The lowest BCUT2D eigenvalue weighted by Gasteiger charge is -2.54. The Morgan fingerprint density at radius 1 is 0.526 bits per heavy atom. The van der Waals surface area contributed by atoms with Gasteiger partial charge in [-0.15, -0.1) is 0 Å². The zero-order chi connectivity index (χ0) is 16.1. The molecule has 0 heterocycles. The van der Waals surface area contributed by atoms with Crippen molar-refractivity contribution in [1.82, 2.24) is 0 Å². The minimum absolute atomic E-state index is 0.702. The molecule has 115 valence electrons. The Morgan fingerprint density at radius 2 is 0.842 bits per heavy atom. The summed E-state index contributed by atoms with van der Waals surface area (Å²) >= 11 is 46.7. The molecule has 0 aliphatic carbocycles. The van der Waals surface area contributed by atoms with Crippen molar-refractivity contribution in [3.05, 3.63) is 3.74 Å². The van der Waals surface area contributed by atoms with Crippen molar-refractivity contribution < 1.29 is 0 Å². The molecule has 0 bridgehead atoms. The fourth-order valence-electron chi connectivity index (χ4n) is 0.879. The first-order valence-electron chi connectivity index (χ1n) is 3.71. The van der Waals surface area contributed by atoms with Crippen LogP contribution < -0.4 is 0 Å². The summed E-state index contributed by atoms with van der Waals surface area (Å²) in [4.78, 5) is 0. The van der Waals surface area contributed by atoms with E-state index in [-0.39, 0.29) is 0 Å². The maximum atomic E-state index is 3.79. The van der Waals surface area contributed by atoms with Crippen LogP contribution in [-0.4, -0.2) is 15.1 Å². The van der Waals surface area contributed by atoms with Crippen molar-refractivity contribution >= 4 is 207 Å². The number of rotatable bonds is 3. The molecule has 1 atom stereocenters. The first kappa shape index (κ1) is 25.2. The van der Waals surface area contributed by atoms with Crippen LogP contribution in [0.25, 0.3) is 0 Å². The molecule has 0 rings (SSSR count). The predicted octanol–water partition coefficient (Wildman–Crippen LogP) is 10.0. The van der Waals surface area contributed by atoms with Crippen molar-refractivity contribution in [1.29, 1.82) is 0 Å². The van der Waals surface area contributed by atoms with Gasteiger partial charge in [-0.05, 0) is 0 Å². The SMILES string of the molecule is Br[C](Br)C(Br)(Br)C(Br)(C(Br)(Br)Br)C(Br)(Br)C(Br)(Br)Br. The molecule has 0 fully saturated rings. The van der Waals surface area contributed by atoms with Gasteiger partial charge in [0.05, 0.1) is 0 Å². The maximum Gasteiger partial charge on any atom is 0.161 e. The smallest absolute Gasteiger partial charge is 0.0767 e. The summed E-state index contributed by atoms with van der Waals surface area (Å²) in [7, 11) is 0. The van der Waals surface area contributed by atoms with Crippen LogP contribution in [0.4, 0.5) is 0 Å². The zero-order valence-corrected chi connectivity index (χ0v) is 28.5. The quantitative estimate of drug-likeness (QED) is 0.247. The molecule has 0 aliphatic rings. The normalized spacial score (nSPS) is 18.6. The average molecular weight is 1110 g/mol. The second kappa shape index (κ2) is 8.50. The molecule has 19 heavy (non-hydrogen) atoms. The molecule has 0 saturated carbocycles. The van der Waals surface area contributed by atoms with E-state index in [1.165, 1.54) is 0 Å². The van der Waals surface area contributed by atoms with Crippen molar-refractivity contribution in [2.45, 2.75) is 15.1 Å². The summed E-state index contributed by atoms with van der Waals surface area (Å²) < 4.78 is -3.06. The summed E-state index contributed by atoms with van der Waals surface area (Å²) in [6, 6.07) is 0. The van der Waals surface area contributed by atoms with Crippen LogP contribution in [0.2, 0.25) is 0 Å². The van der Waals surface area contributed by atoms with Crippen LogP contribution in [0.1, 0.15) is 0 Å². The highest BCUT2D eigenvalue weighted by molar-refractivity contribution is 9.42. The summed E-state index contributed by atoms with van der Waals surface area (Å²) in [5.74, 6) is 0. The molecule has 0 aromatic rings. The lowest BCUT2D eigenvalue weighted by Crippen LogP contribution is -2.64. The lowest BCUT2D eigenvalue weighted by molar-refractivity contribution is 0.606. The Bertz CT molecular complexity index is 321. The second-order valence-corrected chi connectivity index (χ2v) is 27.3. The van der Waals surface area contributed by atoms with Crippen LogP contribution in [0.3, 0.4) is 0 Å². The number of hydrogen-bond acceptors (Lipinski definition) is 0. The second-order valence-electron chi connectivity index (χ2n) is 3.06. The highest BCUT2D eigenvalue weighted by Gasteiger charge is 2.73. The third kappa shape index (κ3) is 5.15. The Hall–Kier alpha value is 6.24. The number of halogens is 13. The van der Waals surface area contributed by atoms with E-state index in [0.717, 1.165) is 3.74 Å². The standard InChI is InChI=1S/C6Br13/c7-1(8)2(9,10)3(11,5(14,15)16)4(12,13)6(17,18)19.